The van der Waals surface area contributed by atoms with Crippen molar-refractivity contribution >= 4 is 6.08 Å². The second-order valence-corrected chi connectivity index (χ2v) is 3.16. The largest absolute Gasteiger partial charge is 0.479 e. The molecule has 0 heterocycles. The molecule has 78 valence electrons. The fourth-order valence-electron chi connectivity index (χ4n) is 1.11. The number of ether oxygens (including phenoxy) is 1. The molecule has 15 heavy (non-hydrogen) atoms. The maximum atomic E-state index is 8.84. The summed E-state index contributed by atoms with van der Waals surface area (Å²) in [5.74, 6) is 0.676. The van der Waals surface area contributed by atoms with Gasteiger partial charge in [0.25, 0.3) is 0 Å². The molecule has 0 radical (unpaired) electrons. The van der Waals surface area contributed by atoms with E-state index in [0.29, 0.717) is 5.75 Å². The van der Waals surface area contributed by atoms with Gasteiger partial charge in [0.2, 0.25) is 0 Å². The molecule has 0 aromatic heterocycles. The lowest BCUT2D eigenvalue weighted by Crippen LogP contribution is -1.92. The number of rotatable bonds is 4. The van der Waals surface area contributed by atoms with Crippen molar-refractivity contribution in [2.75, 3.05) is 13.2 Å². The second-order valence-electron chi connectivity index (χ2n) is 3.16. The van der Waals surface area contributed by atoms with E-state index in [2.05, 4.69) is 0 Å². The van der Waals surface area contributed by atoms with E-state index in [4.69, 9.17) is 15.1 Å². The quantitative estimate of drug-likeness (QED) is 0.814. The smallest absolute Gasteiger partial charge is 0.174 e. The monoisotopic (exact) mass is 203 g/mol. The van der Waals surface area contributed by atoms with Crippen LogP contribution in [0.5, 0.6) is 5.75 Å². The zero-order valence-electron chi connectivity index (χ0n) is 8.60. The van der Waals surface area contributed by atoms with E-state index in [-0.39, 0.29) is 13.2 Å². The van der Waals surface area contributed by atoms with Crippen LogP contribution in [0.25, 0.3) is 6.08 Å². The Morgan fingerprint density at radius 2 is 2.13 bits per heavy atom. The van der Waals surface area contributed by atoms with Gasteiger partial charge in [-0.3, -0.25) is 0 Å². The summed E-state index contributed by atoms with van der Waals surface area (Å²) in [5, 5.41) is 17.2. The predicted molar refractivity (Wildman–Crippen MR) is 58.3 cm³/mol. The summed E-state index contributed by atoms with van der Waals surface area (Å²) in [6, 6.07) is 9.27. The zero-order chi connectivity index (χ0) is 11.1. The first-order valence-electron chi connectivity index (χ1n) is 4.64. The summed E-state index contributed by atoms with van der Waals surface area (Å²) in [7, 11) is 0. The second kappa shape index (κ2) is 5.84. The molecule has 0 aliphatic carbocycles. The summed E-state index contributed by atoms with van der Waals surface area (Å²) in [4.78, 5) is 0. The zero-order valence-corrected chi connectivity index (χ0v) is 8.60. The normalized spacial score (nSPS) is 10.9. The van der Waals surface area contributed by atoms with Gasteiger partial charge in [-0.1, -0.05) is 18.2 Å². The number of aliphatic hydroxyl groups is 1. The van der Waals surface area contributed by atoms with Crippen molar-refractivity contribution in [3.63, 3.8) is 0 Å². The Morgan fingerprint density at radius 1 is 1.47 bits per heavy atom. The van der Waals surface area contributed by atoms with Gasteiger partial charge in [-0.25, -0.2) is 0 Å². The van der Waals surface area contributed by atoms with E-state index < -0.39 is 0 Å². The van der Waals surface area contributed by atoms with Gasteiger partial charge >= 0.3 is 0 Å². The molecule has 0 bridgehead atoms. The Labute approximate surface area is 89.2 Å². The van der Waals surface area contributed by atoms with Crippen molar-refractivity contribution in [1.82, 2.24) is 0 Å². The molecule has 0 unspecified atom stereocenters. The van der Waals surface area contributed by atoms with Gasteiger partial charge in [-0.2, -0.15) is 5.26 Å². The minimum atomic E-state index is 0.0604. The maximum absolute atomic E-state index is 8.84. The van der Waals surface area contributed by atoms with Gasteiger partial charge < -0.3 is 9.84 Å². The third-order valence-electron chi connectivity index (χ3n) is 1.85. The fourth-order valence-corrected chi connectivity index (χ4v) is 1.11. The number of nitriles is 1. The highest BCUT2D eigenvalue weighted by Crippen LogP contribution is 2.14. The van der Waals surface area contributed by atoms with Crippen LogP contribution in [-0.4, -0.2) is 18.3 Å². The highest BCUT2D eigenvalue weighted by atomic mass is 16.5. The minimum Gasteiger partial charge on any atom is -0.479 e. The van der Waals surface area contributed by atoms with E-state index in [0.717, 1.165) is 11.1 Å². The Hall–Kier alpha value is -1.79. The first-order chi connectivity index (χ1) is 7.26. The molecule has 3 nitrogen and oxygen atoms in total. The van der Waals surface area contributed by atoms with Crippen LogP contribution in [0.3, 0.4) is 0 Å². The van der Waals surface area contributed by atoms with Crippen LogP contribution in [0.2, 0.25) is 0 Å². The van der Waals surface area contributed by atoms with Crippen molar-refractivity contribution in [2.45, 2.75) is 6.92 Å². The molecule has 0 spiro atoms. The van der Waals surface area contributed by atoms with Gasteiger partial charge in [-0.15, -0.1) is 0 Å². The summed E-state index contributed by atoms with van der Waals surface area (Å²) >= 11 is 0. The van der Waals surface area contributed by atoms with E-state index in [1.54, 1.807) is 12.1 Å². The van der Waals surface area contributed by atoms with Crippen LogP contribution < -0.4 is 4.74 Å². The van der Waals surface area contributed by atoms with E-state index in [1.807, 2.05) is 31.2 Å². The summed E-state index contributed by atoms with van der Waals surface area (Å²) in [6.45, 7) is 1.98. The molecule has 1 aromatic carbocycles. The molecule has 3 heteroatoms. The Bertz CT molecular complexity index is 374. The molecule has 1 rings (SSSR count). The lowest BCUT2D eigenvalue weighted by molar-refractivity contribution is 0.332. The highest BCUT2D eigenvalue weighted by molar-refractivity contribution is 5.53. The molecule has 0 amide bonds. The lowest BCUT2D eigenvalue weighted by Gasteiger charge is -2.01. The van der Waals surface area contributed by atoms with Crippen LogP contribution in [0.4, 0.5) is 0 Å². The van der Waals surface area contributed by atoms with Gasteiger partial charge in [0.1, 0.15) is 11.8 Å². The molecular formula is C12H13NO2. The van der Waals surface area contributed by atoms with Gasteiger partial charge in [0, 0.05) is 0 Å². The predicted octanol–water partition coefficient (Wildman–Crippen LogP) is 1.98. The standard InChI is InChI=1S/C12H13NO2/c1-10(9-14)8-11-2-4-12(5-3-11)15-7-6-13/h2-5,8,14H,7,9H2,1H3. The molecule has 0 aliphatic rings. The molecule has 0 atom stereocenters. The van der Waals surface area contributed by atoms with Crippen molar-refractivity contribution < 1.29 is 9.84 Å². The Morgan fingerprint density at radius 3 is 2.67 bits per heavy atom. The van der Waals surface area contributed by atoms with Crippen LogP contribution in [0.1, 0.15) is 12.5 Å². The SMILES string of the molecule is CC(=Cc1ccc(OCC#N)cc1)CO. The molecule has 0 fully saturated rings. The van der Waals surface area contributed by atoms with E-state index in [9.17, 15) is 0 Å². The number of benzene rings is 1. The molecular weight excluding hydrogens is 190 g/mol. The minimum absolute atomic E-state index is 0.0604. The highest BCUT2D eigenvalue weighted by Gasteiger charge is 1.93. The number of aliphatic hydroxyl groups excluding tert-OH is 1. The number of hydrogen-bond donors (Lipinski definition) is 1. The van der Waals surface area contributed by atoms with Crippen LogP contribution >= 0.6 is 0 Å². The first kappa shape index (κ1) is 11.3. The number of hydrogen-bond acceptors (Lipinski definition) is 3. The van der Waals surface area contributed by atoms with Gasteiger partial charge in [0.15, 0.2) is 6.61 Å². The van der Waals surface area contributed by atoms with Gasteiger partial charge in [-0.05, 0) is 30.2 Å². The summed E-state index contributed by atoms with van der Waals surface area (Å²) in [6.07, 6.45) is 1.90. The fraction of sp³-hybridized carbons (Fsp3) is 0.250. The number of nitrogens with zero attached hydrogens (tertiary/aromatic N) is 1. The average molecular weight is 203 g/mol. The van der Waals surface area contributed by atoms with Crippen molar-refractivity contribution in [3.05, 3.63) is 35.4 Å². The van der Waals surface area contributed by atoms with Gasteiger partial charge in [0.05, 0.1) is 6.61 Å². The summed E-state index contributed by atoms with van der Waals surface area (Å²) < 4.78 is 5.11. The van der Waals surface area contributed by atoms with E-state index >= 15 is 0 Å². The Balaban J connectivity index is 2.69. The van der Waals surface area contributed by atoms with E-state index in [1.165, 1.54) is 0 Å². The third-order valence-corrected chi connectivity index (χ3v) is 1.85. The molecule has 0 saturated carbocycles. The average Bonchev–Trinajstić information content (AvgIpc) is 2.28. The van der Waals surface area contributed by atoms with Crippen LogP contribution in [-0.2, 0) is 0 Å². The lowest BCUT2D eigenvalue weighted by atomic mass is 10.1. The molecule has 1 N–H and O–H groups in total. The molecule has 1 aromatic rings. The maximum Gasteiger partial charge on any atom is 0.174 e. The topological polar surface area (TPSA) is 53.2 Å². The molecule has 0 saturated heterocycles. The third kappa shape index (κ3) is 3.84. The molecule has 0 aliphatic heterocycles. The first-order valence-corrected chi connectivity index (χ1v) is 4.64. The summed E-state index contributed by atoms with van der Waals surface area (Å²) in [5.41, 5.74) is 1.91. The van der Waals surface area contributed by atoms with Crippen molar-refractivity contribution in [2.24, 2.45) is 0 Å². The van der Waals surface area contributed by atoms with Crippen LogP contribution in [0, 0.1) is 11.3 Å². The Kier molecular flexibility index (Phi) is 4.39. The van der Waals surface area contributed by atoms with Crippen LogP contribution in [0.15, 0.2) is 29.8 Å². The van der Waals surface area contributed by atoms with Crippen molar-refractivity contribution in [3.8, 4) is 11.8 Å². The van der Waals surface area contributed by atoms with Crippen molar-refractivity contribution in [1.29, 1.82) is 5.26 Å².